The van der Waals surface area contributed by atoms with Crippen LogP contribution in [-0.4, -0.2) is 25.5 Å². The van der Waals surface area contributed by atoms with Crippen LogP contribution in [0.5, 0.6) is 0 Å². The Morgan fingerprint density at radius 1 is 0.917 bits per heavy atom. The van der Waals surface area contributed by atoms with E-state index < -0.39 is 12.1 Å². The van der Waals surface area contributed by atoms with Crippen molar-refractivity contribution in [1.82, 2.24) is 16.0 Å². The summed E-state index contributed by atoms with van der Waals surface area (Å²) in [4.78, 5) is 23.9. The summed E-state index contributed by atoms with van der Waals surface area (Å²) < 4.78 is 0. The second-order valence-electron chi connectivity index (χ2n) is 5.63. The second-order valence-corrected chi connectivity index (χ2v) is 5.63. The Morgan fingerprint density at radius 3 is 2.00 bits per heavy atom. The zero-order valence-corrected chi connectivity index (χ0v) is 14.0. The highest BCUT2D eigenvalue weighted by Gasteiger charge is 2.22. The molecule has 126 valence electrons. The Kier molecular flexibility index (Phi) is 6.51. The van der Waals surface area contributed by atoms with Crippen LogP contribution in [0.1, 0.15) is 30.0 Å². The Morgan fingerprint density at radius 2 is 1.46 bits per heavy atom. The van der Waals surface area contributed by atoms with Crippen molar-refractivity contribution in [2.75, 3.05) is 13.6 Å². The Labute approximate surface area is 142 Å². The van der Waals surface area contributed by atoms with Crippen LogP contribution in [0.4, 0.5) is 4.79 Å². The molecule has 2 rings (SSSR count). The van der Waals surface area contributed by atoms with Crippen LogP contribution in [0.3, 0.4) is 0 Å². The fourth-order valence-corrected chi connectivity index (χ4v) is 2.45. The minimum Gasteiger partial charge on any atom is -0.341 e. The molecule has 0 aliphatic carbocycles. The largest absolute Gasteiger partial charge is 0.341 e. The average Bonchev–Trinajstić information content (AvgIpc) is 2.63. The van der Waals surface area contributed by atoms with E-state index in [9.17, 15) is 9.59 Å². The topological polar surface area (TPSA) is 70.2 Å². The molecule has 0 aliphatic heterocycles. The number of imide groups is 1. The normalized spacial score (nSPS) is 12.9. The first-order valence-electron chi connectivity index (χ1n) is 7.97. The number of carbonyl (C=O) groups is 2. The highest BCUT2D eigenvalue weighted by molar-refractivity contribution is 5.97. The summed E-state index contributed by atoms with van der Waals surface area (Å²) in [6.45, 7) is 2.71. The van der Waals surface area contributed by atoms with Crippen molar-refractivity contribution in [3.05, 3.63) is 71.8 Å². The molecule has 0 bridgehead atoms. The van der Waals surface area contributed by atoms with Crippen molar-refractivity contribution in [3.8, 4) is 0 Å². The molecule has 0 radical (unpaired) electrons. The van der Waals surface area contributed by atoms with Gasteiger partial charge in [0.25, 0.3) is 0 Å². The van der Waals surface area contributed by atoms with Gasteiger partial charge in [-0.3, -0.25) is 10.1 Å². The molecular weight excluding hydrogens is 302 g/mol. The first-order chi connectivity index (χ1) is 11.6. The zero-order valence-electron chi connectivity index (χ0n) is 14.0. The number of amides is 3. The highest BCUT2D eigenvalue weighted by atomic mass is 16.2. The molecule has 2 aromatic carbocycles. The van der Waals surface area contributed by atoms with Gasteiger partial charge in [0.1, 0.15) is 6.04 Å². The maximum Gasteiger partial charge on any atom is 0.321 e. The molecular formula is C19H23N3O2. The van der Waals surface area contributed by atoms with Gasteiger partial charge in [0, 0.05) is 13.6 Å². The molecule has 0 fully saturated rings. The van der Waals surface area contributed by atoms with Crippen LogP contribution in [0, 0.1) is 0 Å². The van der Waals surface area contributed by atoms with E-state index in [-0.39, 0.29) is 11.8 Å². The fraction of sp³-hybridized carbons (Fsp3) is 0.263. The van der Waals surface area contributed by atoms with E-state index in [0.717, 1.165) is 5.56 Å². The summed E-state index contributed by atoms with van der Waals surface area (Å²) in [7, 11) is 1.48. The van der Waals surface area contributed by atoms with Crippen molar-refractivity contribution < 1.29 is 9.59 Å². The lowest BCUT2D eigenvalue weighted by atomic mass is 10.00. The molecule has 0 saturated carbocycles. The van der Waals surface area contributed by atoms with Crippen molar-refractivity contribution in [2.24, 2.45) is 0 Å². The molecule has 24 heavy (non-hydrogen) atoms. The predicted molar refractivity (Wildman–Crippen MR) is 94.6 cm³/mol. The number of hydrogen-bond acceptors (Lipinski definition) is 3. The number of urea groups is 1. The molecule has 0 unspecified atom stereocenters. The summed E-state index contributed by atoms with van der Waals surface area (Å²) >= 11 is 0. The average molecular weight is 325 g/mol. The lowest BCUT2D eigenvalue weighted by molar-refractivity contribution is -0.122. The van der Waals surface area contributed by atoms with E-state index >= 15 is 0 Å². The van der Waals surface area contributed by atoms with Crippen molar-refractivity contribution in [2.45, 2.75) is 18.9 Å². The van der Waals surface area contributed by atoms with E-state index in [1.54, 1.807) is 0 Å². The molecule has 2 aromatic rings. The van der Waals surface area contributed by atoms with Crippen molar-refractivity contribution in [1.29, 1.82) is 0 Å². The smallest absolute Gasteiger partial charge is 0.321 e. The fourth-order valence-electron chi connectivity index (χ4n) is 2.45. The molecule has 0 heterocycles. The molecule has 0 saturated heterocycles. The minimum atomic E-state index is -0.588. The lowest BCUT2D eigenvalue weighted by Gasteiger charge is -2.21. The van der Waals surface area contributed by atoms with E-state index in [1.165, 1.54) is 12.6 Å². The standard InChI is InChI=1S/C19H23N3O2/c1-14(15-9-5-3-6-10-15)13-21-17(16-11-7-4-8-12-16)18(23)22-19(24)20-2/h3-12,14,17,21H,13H2,1-2H3,(H2,20,22,23,24)/t14-,17+/m0/s1. The zero-order chi connectivity index (χ0) is 17.4. The summed E-state index contributed by atoms with van der Waals surface area (Å²) in [5.74, 6) is -0.133. The molecule has 0 aliphatic rings. The molecule has 5 heteroatoms. The number of carbonyl (C=O) groups excluding carboxylic acids is 2. The summed E-state index contributed by atoms with van der Waals surface area (Å²) in [5.41, 5.74) is 2.02. The van der Waals surface area contributed by atoms with Crippen molar-refractivity contribution in [3.63, 3.8) is 0 Å². The van der Waals surface area contributed by atoms with E-state index in [2.05, 4.69) is 35.0 Å². The molecule has 3 N–H and O–H groups in total. The molecule has 2 atom stereocenters. The number of nitrogens with one attached hydrogen (secondary N) is 3. The maximum absolute atomic E-state index is 12.4. The Balaban J connectivity index is 2.08. The number of rotatable bonds is 6. The first kappa shape index (κ1) is 17.7. The third-order valence-electron chi connectivity index (χ3n) is 3.86. The van der Waals surface area contributed by atoms with E-state index in [0.29, 0.717) is 6.54 Å². The quantitative estimate of drug-likeness (QED) is 0.764. The van der Waals surface area contributed by atoms with Crippen LogP contribution in [0.15, 0.2) is 60.7 Å². The van der Waals surface area contributed by atoms with Crippen LogP contribution >= 0.6 is 0 Å². The third kappa shape index (κ3) is 4.93. The maximum atomic E-state index is 12.4. The summed E-state index contributed by atoms with van der Waals surface area (Å²) in [6.07, 6.45) is 0. The van der Waals surface area contributed by atoms with Gasteiger partial charge in [0.2, 0.25) is 5.91 Å². The summed E-state index contributed by atoms with van der Waals surface area (Å²) in [5, 5.41) is 8.01. The Bertz CT molecular complexity index is 659. The Hall–Kier alpha value is -2.66. The van der Waals surface area contributed by atoms with Gasteiger partial charge in [-0.15, -0.1) is 0 Å². The van der Waals surface area contributed by atoms with Crippen LogP contribution in [-0.2, 0) is 4.79 Å². The third-order valence-corrected chi connectivity index (χ3v) is 3.86. The lowest BCUT2D eigenvalue weighted by Crippen LogP contribution is -2.44. The van der Waals surface area contributed by atoms with Crippen molar-refractivity contribution >= 4 is 11.9 Å². The van der Waals surface area contributed by atoms with Crippen LogP contribution in [0.25, 0.3) is 0 Å². The van der Waals surface area contributed by atoms with Gasteiger partial charge in [-0.1, -0.05) is 67.6 Å². The van der Waals surface area contributed by atoms with Gasteiger partial charge in [0.15, 0.2) is 0 Å². The van der Waals surface area contributed by atoms with Gasteiger partial charge >= 0.3 is 6.03 Å². The monoisotopic (exact) mass is 325 g/mol. The van der Waals surface area contributed by atoms with Gasteiger partial charge in [-0.05, 0) is 17.0 Å². The number of benzene rings is 2. The van der Waals surface area contributed by atoms with Gasteiger partial charge in [-0.2, -0.15) is 0 Å². The summed E-state index contributed by atoms with van der Waals surface area (Å²) in [6, 6.07) is 18.4. The first-order valence-corrected chi connectivity index (χ1v) is 7.97. The number of hydrogen-bond donors (Lipinski definition) is 3. The molecule has 0 spiro atoms. The SMILES string of the molecule is CNC(=O)NC(=O)[C@H](NC[C@H](C)c1ccccc1)c1ccccc1. The minimum absolute atomic E-state index is 0.241. The predicted octanol–water partition coefficient (Wildman–Crippen LogP) is 2.58. The molecule has 3 amide bonds. The van der Waals surface area contributed by atoms with Crippen LogP contribution < -0.4 is 16.0 Å². The highest BCUT2D eigenvalue weighted by Crippen LogP contribution is 2.17. The van der Waals surface area contributed by atoms with E-state index in [1.807, 2.05) is 48.5 Å². The van der Waals surface area contributed by atoms with Crippen LogP contribution in [0.2, 0.25) is 0 Å². The second kappa shape index (κ2) is 8.84. The van der Waals surface area contributed by atoms with Gasteiger partial charge in [0.05, 0.1) is 0 Å². The van der Waals surface area contributed by atoms with Gasteiger partial charge < -0.3 is 10.6 Å². The van der Waals surface area contributed by atoms with Gasteiger partial charge in [-0.25, -0.2) is 4.79 Å². The van der Waals surface area contributed by atoms with E-state index in [4.69, 9.17) is 0 Å². The molecule has 5 nitrogen and oxygen atoms in total. The molecule has 0 aromatic heterocycles.